The van der Waals surface area contributed by atoms with Crippen molar-refractivity contribution in [2.75, 3.05) is 18.9 Å². The molecule has 114 valence electrons. The third-order valence-corrected chi connectivity index (χ3v) is 4.90. The molecule has 0 aliphatic carbocycles. The SMILES string of the molecule is Cc1cc(S(=O)(=O)NCC(C)(C)CCO)cc(N)c1C. The molecule has 0 fully saturated rings. The van der Waals surface area contributed by atoms with Crippen LogP contribution in [0.25, 0.3) is 0 Å². The Kier molecular flexibility index (Phi) is 5.18. The van der Waals surface area contributed by atoms with Crippen LogP contribution in [-0.4, -0.2) is 26.7 Å². The minimum absolute atomic E-state index is 0.0331. The van der Waals surface area contributed by atoms with E-state index in [1.165, 1.54) is 6.07 Å². The van der Waals surface area contributed by atoms with Crippen LogP contribution in [-0.2, 0) is 10.0 Å². The second-order valence-corrected chi connectivity index (χ2v) is 7.68. The molecule has 0 heterocycles. The summed E-state index contributed by atoms with van der Waals surface area (Å²) in [6.45, 7) is 7.80. The Balaban J connectivity index is 2.95. The van der Waals surface area contributed by atoms with Crippen molar-refractivity contribution in [2.24, 2.45) is 5.41 Å². The van der Waals surface area contributed by atoms with Gasteiger partial charge in [0.05, 0.1) is 4.90 Å². The number of sulfonamides is 1. The van der Waals surface area contributed by atoms with Gasteiger partial charge in [-0.15, -0.1) is 0 Å². The summed E-state index contributed by atoms with van der Waals surface area (Å²) in [7, 11) is -3.59. The third-order valence-electron chi connectivity index (χ3n) is 3.52. The van der Waals surface area contributed by atoms with E-state index in [1.54, 1.807) is 6.07 Å². The first kappa shape index (κ1) is 16.9. The fraction of sp³-hybridized carbons (Fsp3) is 0.571. The van der Waals surface area contributed by atoms with Gasteiger partial charge in [-0.25, -0.2) is 13.1 Å². The minimum atomic E-state index is -3.59. The molecule has 0 spiro atoms. The molecule has 5 nitrogen and oxygen atoms in total. The van der Waals surface area contributed by atoms with Crippen LogP contribution in [0.4, 0.5) is 5.69 Å². The van der Waals surface area contributed by atoms with Crippen molar-refractivity contribution in [2.45, 2.75) is 39.0 Å². The number of hydrogen-bond donors (Lipinski definition) is 3. The van der Waals surface area contributed by atoms with Gasteiger partial charge >= 0.3 is 0 Å². The molecular weight excluding hydrogens is 276 g/mol. The highest BCUT2D eigenvalue weighted by atomic mass is 32.2. The van der Waals surface area contributed by atoms with Crippen LogP contribution in [0.5, 0.6) is 0 Å². The number of anilines is 1. The Morgan fingerprint density at radius 2 is 1.90 bits per heavy atom. The molecule has 0 aliphatic rings. The van der Waals surface area contributed by atoms with Gasteiger partial charge in [0.25, 0.3) is 0 Å². The Bertz CT molecular complexity index is 557. The van der Waals surface area contributed by atoms with Crippen LogP contribution >= 0.6 is 0 Å². The van der Waals surface area contributed by atoms with Gasteiger partial charge in [-0.3, -0.25) is 0 Å². The van der Waals surface area contributed by atoms with Crippen molar-refractivity contribution >= 4 is 15.7 Å². The molecule has 0 amide bonds. The quantitative estimate of drug-likeness (QED) is 0.695. The van der Waals surface area contributed by atoms with E-state index in [-0.39, 0.29) is 23.5 Å². The third kappa shape index (κ3) is 4.19. The number of nitrogens with one attached hydrogen (secondary N) is 1. The van der Waals surface area contributed by atoms with Gasteiger partial charge in [0.15, 0.2) is 0 Å². The van der Waals surface area contributed by atoms with Gasteiger partial charge in [-0.2, -0.15) is 0 Å². The van der Waals surface area contributed by atoms with Gasteiger partial charge in [0, 0.05) is 18.8 Å². The van der Waals surface area contributed by atoms with Gasteiger partial charge < -0.3 is 10.8 Å². The standard InChI is InChI=1S/C14H24N2O3S/c1-10-7-12(8-13(15)11(10)2)20(18,19)16-9-14(3,4)5-6-17/h7-8,16-17H,5-6,9,15H2,1-4H3. The lowest BCUT2D eigenvalue weighted by Crippen LogP contribution is -2.34. The van der Waals surface area contributed by atoms with Crippen molar-refractivity contribution in [3.05, 3.63) is 23.3 Å². The highest BCUT2D eigenvalue weighted by Gasteiger charge is 2.22. The van der Waals surface area contributed by atoms with Crippen LogP contribution in [0, 0.1) is 19.3 Å². The molecule has 1 aromatic rings. The number of nitrogens with two attached hydrogens (primary N) is 1. The monoisotopic (exact) mass is 300 g/mol. The normalized spacial score (nSPS) is 12.7. The largest absolute Gasteiger partial charge is 0.398 e. The van der Waals surface area contributed by atoms with Crippen LogP contribution in [0.2, 0.25) is 0 Å². The van der Waals surface area contributed by atoms with Gasteiger partial charge in [-0.05, 0) is 48.9 Å². The number of aliphatic hydroxyl groups is 1. The van der Waals surface area contributed by atoms with E-state index < -0.39 is 10.0 Å². The fourth-order valence-electron chi connectivity index (χ4n) is 1.77. The molecule has 0 atom stereocenters. The van der Waals surface area contributed by atoms with Crippen LogP contribution < -0.4 is 10.5 Å². The fourth-order valence-corrected chi connectivity index (χ4v) is 3.13. The first-order valence-corrected chi connectivity index (χ1v) is 8.05. The number of benzene rings is 1. The van der Waals surface area contributed by atoms with Crippen LogP contribution in [0.1, 0.15) is 31.4 Å². The highest BCUT2D eigenvalue weighted by Crippen LogP contribution is 2.23. The lowest BCUT2D eigenvalue weighted by Gasteiger charge is -2.24. The van der Waals surface area contributed by atoms with E-state index in [4.69, 9.17) is 10.8 Å². The van der Waals surface area contributed by atoms with E-state index in [9.17, 15) is 8.42 Å². The number of aliphatic hydroxyl groups excluding tert-OH is 1. The molecule has 1 aromatic carbocycles. The van der Waals surface area contributed by atoms with Crippen molar-refractivity contribution in [1.82, 2.24) is 4.72 Å². The molecule has 1 rings (SSSR count). The molecule has 0 aromatic heterocycles. The van der Waals surface area contributed by atoms with Gasteiger partial charge in [0.2, 0.25) is 10.0 Å². The number of hydrogen-bond acceptors (Lipinski definition) is 4. The van der Waals surface area contributed by atoms with E-state index >= 15 is 0 Å². The van der Waals surface area contributed by atoms with E-state index in [2.05, 4.69) is 4.72 Å². The van der Waals surface area contributed by atoms with E-state index in [1.807, 2.05) is 27.7 Å². The topological polar surface area (TPSA) is 92.4 Å². The van der Waals surface area contributed by atoms with Crippen LogP contribution in [0.3, 0.4) is 0 Å². The molecule has 0 bridgehead atoms. The average Bonchev–Trinajstić information content (AvgIpc) is 2.33. The maximum absolute atomic E-state index is 12.3. The molecule has 0 aliphatic heterocycles. The van der Waals surface area contributed by atoms with Gasteiger partial charge in [-0.1, -0.05) is 13.8 Å². The Morgan fingerprint density at radius 3 is 2.40 bits per heavy atom. The Morgan fingerprint density at radius 1 is 1.30 bits per heavy atom. The first-order valence-electron chi connectivity index (χ1n) is 6.56. The minimum Gasteiger partial charge on any atom is -0.398 e. The molecule has 0 radical (unpaired) electrons. The Hall–Kier alpha value is -1.11. The zero-order chi connectivity index (χ0) is 15.6. The molecular formula is C14H24N2O3S. The predicted molar refractivity (Wildman–Crippen MR) is 81.0 cm³/mol. The maximum Gasteiger partial charge on any atom is 0.240 e. The molecule has 6 heteroatoms. The van der Waals surface area contributed by atoms with Crippen molar-refractivity contribution < 1.29 is 13.5 Å². The van der Waals surface area contributed by atoms with E-state index in [0.717, 1.165) is 11.1 Å². The zero-order valence-corrected chi connectivity index (χ0v) is 13.3. The lowest BCUT2D eigenvalue weighted by molar-refractivity contribution is 0.213. The predicted octanol–water partition coefficient (Wildman–Crippen LogP) is 1.57. The summed E-state index contributed by atoms with van der Waals surface area (Å²) in [6.07, 6.45) is 0.532. The lowest BCUT2D eigenvalue weighted by atomic mass is 9.90. The molecule has 0 unspecified atom stereocenters. The summed E-state index contributed by atoms with van der Waals surface area (Å²) in [4.78, 5) is 0.179. The molecule has 4 N–H and O–H groups in total. The second-order valence-electron chi connectivity index (χ2n) is 5.92. The zero-order valence-electron chi connectivity index (χ0n) is 12.5. The van der Waals surface area contributed by atoms with E-state index in [0.29, 0.717) is 12.1 Å². The average molecular weight is 300 g/mol. The molecule has 0 saturated carbocycles. The first-order chi connectivity index (χ1) is 9.09. The summed E-state index contributed by atoms with van der Waals surface area (Å²) in [5, 5.41) is 8.96. The summed E-state index contributed by atoms with van der Waals surface area (Å²) < 4.78 is 27.1. The summed E-state index contributed by atoms with van der Waals surface area (Å²) in [5.41, 5.74) is 7.74. The van der Waals surface area contributed by atoms with Gasteiger partial charge in [0.1, 0.15) is 0 Å². The number of rotatable bonds is 6. The summed E-state index contributed by atoms with van der Waals surface area (Å²) in [5.74, 6) is 0. The summed E-state index contributed by atoms with van der Waals surface area (Å²) >= 11 is 0. The maximum atomic E-state index is 12.3. The molecule has 20 heavy (non-hydrogen) atoms. The molecule has 0 saturated heterocycles. The smallest absolute Gasteiger partial charge is 0.240 e. The number of aryl methyl sites for hydroxylation is 1. The highest BCUT2D eigenvalue weighted by molar-refractivity contribution is 7.89. The second kappa shape index (κ2) is 6.11. The Labute approximate surface area is 121 Å². The van der Waals surface area contributed by atoms with Crippen molar-refractivity contribution in [3.8, 4) is 0 Å². The number of nitrogen functional groups attached to an aromatic ring is 1. The van der Waals surface area contributed by atoms with Crippen LogP contribution in [0.15, 0.2) is 17.0 Å². The van der Waals surface area contributed by atoms with Crippen molar-refractivity contribution in [3.63, 3.8) is 0 Å². The van der Waals surface area contributed by atoms with Crippen molar-refractivity contribution in [1.29, 1.82) is 0 Å². The summed E-state index contributed by atoms with van der Waals surface area (Å²) in [6, 6.07) is 3.09.